The van der Waals surface area contributed by atoms with Gasteiger partial charge in [0.15, 0.2) is 11.5 Å². The lowest BCUT2D eigenvalue weighted by Crippen LogP contribution is -2.13. The number of ketones is 1. The van der Waals surface area contributed by atoms with Crippen LogP contribution in [0.5, 0.6) is 0 Å². The van der Waals surface area contributed by atoms with Gasteiger partial charge >= 0.3 is 0 Å². The zero-order chi connectivity index (χ0) is 19.0. The van der Waals surface area contributed by atoms with Crippen LogP contribution in [0.2, 0.25) is 0 Å². The Kier molecular flexibility index (Phi) is 4.52. The van der Waals surface area contributed by atoms with E-state index in [0.29, 0.717) is 22.9 Å². The van der Waals surface area contributed by atoms with Crippen molar-refractivity contribution in [2.45, 2.75) is 33.1 Å². The smallest absolute Gasteiger partial charge is 0.276 e. The first-order valence-electron chi connectivity index (χ1n) is 9.44. The Morgan fingerprint density at radius 3 is 2.56 bits per heavy atom. The maximum atomic E-state index is 12.8. The van der Waals surface area contributed by atoms with Gasteiger partial charge in [0.1, 0.15) is 5.82 Å². The number of pyridine rings is 1. The Hall–Kier alpha value is -2.95. The van der Waals surface area contributed by atoms with Gasteiger partial charge in [-0.15, -0.1) is 0 Å². The number of amides is 1. The van der Waals surface area contributed by atoms with Crippen LogP contribution in [0.3, 0.4) is 0 Å². The van der Waals surface area contributed by atoms with Crippen molar-refractivity contribution in [3.63, 3.8) is 0 Å². The average Bonchev–Trinajstić information content (AvgIpc) is 3.45. The predicted molar refractivity (Wildman–Crippen MR) is 105 cm³/mol. The summed E-state index contributed by atoms with van der Waals surface area (Å²) in [6.07, 6.45) is 4.72. The van der Waals surface area contributed by atoms with Crippen molar-refractivity contribution < 1.29 is 9.59 Å². The van der Waals surface area contributed by atoms with Gasteiger partial charge in [-0.3, -0.25) is 9.59 Å². The maximum Gasteiger partial charge on any atom is 0.276 e. The minimum atomic E-state index is -0.241. The molecular weight excluding hydrogens is 338 g/mol. The van der Waals surface area contributed by atoms with Crippen molar-refractivity contribution in [3.8, 4) is 0 Å². The second kappa shape index (κ2) is 6.99. The summed E-state index contributed by atoms with van der Waals surface area (Å²) in [5.41, 5.74) is 2.59. The molecule has 5 heteroatoms. The fourth-order valence-electron chi connectivity index (χ4n) is 3.27. The Bertz CT molecular complexity index is 998. The number of fused-ring (bicyclic) bond motifs is 1. The van der Waals surface area contributed by atoms with E-state index in [9.17, 15) is 9.59 Å². The van der Waals surface area contributed by atoms with Gasteiger partial charge < -0.3 is 9.72 Å². The lowest BCUT2D eigenvalue weighted by molar-refractivity contribution is 0.0967. The molecule has 27 heavy (non-hydrogen) atoms. The van der Waals surface area contributed by atoms with Gasteiger partial charge in [0.25, 0.3) is 5.91 Å². The number of carbonyl (C=O) groups excluding carboxylic acids is 2. The van der Waals surface area contributed by atoms with Crippen molar-refractivity contribution in [1.29, 1.82) is 0 Å². The summed E-state index contributed by atoms with van der Waals surface area (Å²) < 4.78 is 1.98. The van der Waals surface area contributed by atoms with E-state index in [0.717, 1.165) is 30.6 Å². The Morgan fingerprint density at radius 1 is 1.15 bits per heavy atom. The number of nitrogens with zero attached hydrogens (tertiary/aromatic N) is 2. The van der Waals surface area contributed by atoms with Crippen LogP contribution >= 0.6 is 0 Å². The second-order valence-corrected chi connectivity index (χ2v) is 7.60. The highest BCUT2D eigenvalue weighted by Gasteiger charge is 2.30. The van der Waals surface area contributed by atoms with Gasteiger partial charge in [-0.2, -0.15) is 0 Å². The van der Waals surface area contributed by atoms with Gasteiger partial charge in [0.05, 0.1) is 5.52 Å². The summed E-state index contributed by atoms with van der Waals surface area (Å²) in [6.45, 7) is 4.27. The third-order valence-electron chi connectivity index (χ3n) is 4.80. The molecule has 1 aliphatic carbocycles. The molecule has 0 saturated heterocycles. The zero-order valence-corrected chi connectivity index (χ0v) is 15.6. The number of Topliss-reactive ketones (excluding diaryl/α,β-unsaturated/α-hetero) is 1. The molecule has 1 amide bonds. The van der Waals surface area contributed by atoms with Gasteiger partial charge in [-0.1, -0.05) is 19.9 Å². The minimum Gasteiger partial charge on any atom is -0.321 e. The van der Waals surface area contributed by atoms with Crippen molar-refractivity contribution in [3.05, 3.63) is 65.7 Å². The molecule has 1 aliphatic rings. The van der Waals surface area contributed by atoms with Crippen LogP contribution in [-0.2, 0) is 6.42 Å². The first-order chi connectivity index (χ1) is 13.0. The van der Waals surface area contributed by atoms with E-state index in [1.54, 1.807) is 24.3 Å². The number of rotatable bonds is 6. The fraction of sp³-hybridized carbons (Fsp3) is 0.318. The minimum absolute atomic E-state index is 0.196. The number of anilines is 1. The summed E-state index contributed by atoms with van der Waals surface area (Å²) in [6, 6.07) is 12.9. The van der Waals surface area contributed by atoms with Crippen molar-refractivity contribution in [1.82, 2.24) is 9.38 Å². The standard InChI is InChI=1S/C22H23N3O2/c1-14(2)13-19-24-20(18-5-3-4-12-25(18)19)22(27)23-17-10-8-16(9-11-17)21(26)15-6-7-15/h3-5,8-12,14-15H,6-7,13H2,1-2H3,(H,23,27). The molecule has 0 atom stereocenters. The fourth-order valence-corrected chi connectivity index (χ4v) is 3.27. The normalized spacial score (nSPS) is 13.9. The third-order valence-corrected chi connectivity index (χ3v) is 4.80. The average molecular weight is 361 g/mol. The predicted octanol–water partition coefficient (Wildman–Crippen LogP) is 4.38. The van der Waals surface area contributed by atoms with Crippen LogP contribution in [0.25, 0.3) is 5.52 Å². The molecular formula is C22H23N3O2. The molecule has 0 radical (unpaired) electrons. The van der Waals surface area contributed by atoms with E-state index in [1.807, 2.05) is 28.8 Å². The van der Waals surface area contributed by atoms with Crippen LogP contribution in [0.1, 0.15) is 53.4 Å². The number of hydrogen-bond acceptors (Lipinski definition) is 3. The highest BCUT2D eigenvalue weighted by molar-refractivity contribution is 6.08. The highest BCUT2D eigenvalue weighted by atomic mass is 16.2. The van der Waals surface area contributed by atoms with Crippen LogP contribution in [0.4, 0.5) is 5.69 Å². The Morgan fingerprint density at radius 2 is 1.89 bits per heavy atom. The molecule has 0 unspecified atom stereocenters. The monoisotopic (exact) mass is 361 g/mol. The van der Waals surface area contributed by atoms with E-state index < -0.39 is 0 Å². The molecule has 1 fully saturated rings. The van der Waals surface area contributed by atoms with Crippen LogP contribution in [0, 0.1) is 11.8 Å². The van der Waals surface area contributed by atoms with Crippen LogP contribution < -0.4 is 5.32 Å². The summed E-state index contributed by atoms with van der Waals surface area (Å²) >= 11 is 0. The molecule has 0 spiro atoms. The summed E-state index contributed by atoms with van der Waals surface area (Å²) in [5.74, 6) is 1.49. The van der Waals surface area contributed by atoms with E-state index in [1.165, 1.54) is 0 Å². The number of aromatic nitrogens is 2. The molecule has 1 aromatic carbocycles. The lowest BCUT2D eigenvalue weighted by atomic mass is 10.1. The SMILES string of the molecule is CC(C)Cc1nc(C(=O)Nc2ccc(C(=O)C3CC3)cc2)c2ccccn12. The number of benzene rings is 1. The van der Waals surface area contributed by atoms with E-state index in [4.69, 9.17) is 0 Å². The molecule has 138 valence electrons. The van der Waals surface area contributed by atoms with E-state index in [2.05, 4.69) is 24.1 Å². The van der Waals surface area contributed by atoms with Gasteiger partial charge in [0, 0.05) is 29.8 Å². The summed E-state index contributed by atoms with van der Waals surface area (Å²) in [4.78, 5) is 29.5. The molecule has 0 bridgehead atoms. The molecule has 1 saturated carbocycles. The lowest BCUT2D eigenvalue weighted by Gasteiger charge is -2.05. The number of imidazole rings is 1. The van der Waals surface area contributed by atoms with Gasteiger partial charge in [-0.05, 0) is 55.2 Å². The number of carbonyl (C=O) groups is 2. The maximum absolute atomic E-state index is 12.8. The van der Waals surface area contributed by atoms with Gasteiger partial charge in [-0.25, -0.2) is 4.98 Å². The van der Waals surface area contributed by atoms with E-state index in [-0.39, 0.29) is 17.6 Å². The summed E-state index contributed by atoms with van der Waals surface area (Å²) in [7, 11) is 0. The molecule has 0 aliphatic heterocycles. The van der Waals surface area contributed by atoms with Crippen molar-refractivity contribution in [2.75, 3.05) is 5.32 Å². The molecule has 5 nitrogen and oxygen atoms in total. The number of nitrogens with one attached hydrogen (secondary N) is 1. The van der Waals surface area contributed by atoms with Crippen molar-refractivity contribution in [2.24, 2.45) is 11.8 Å². The first-order valence-corrected chi connectivity index (χ1v) is 9.44. The molecule has 1 N–H and O–H groups in total. The summed E-state index contributed by atoms with van der Waals surface area (Å²) in [5, 5.41) is 2.90. The number of hydrogen-bond donors (Lipinski definition) is 1. The Balaban J connectivity index is 1.57. The third kappa shape index (κ3) is 3.63. The first kappa shape index (κ1) is 17.5. The van der Waals surface area contributed by atoms with E-state index >= 15 is 0 Å². The quantitative estimate of drug-likeness (QED) is 0.663. The molecule has 4 rings (SSSR count). The Labute approximate surface area is 158 Å². The van der Waals surface area contributed by atoms with Gasteiger partial charge in [0.2, 0.25) is 0 Å². The zero-order valence-electron chi connectivity index (χ0n) is 15.6. The molecule has 3 aromatic rings. The van der Waals surface area contributed by atoms with Crippen LogP contribution in [-0.4, -0.2) is 21.1 Å². The second-order valence-electron chi connectivity index (χ2n) is 7.60. The van der Waals surface area contributed by atoms with Crippen molar-refractivity contribution >= 4 is 22.9 Å². The van der Waals surface area contributed by atoms with Crippen LogP contribution in [0.15, 0.2) is 48.7 Å². The highest BCUT2D eigenvalue weighted by Crippen LogP contribution is 2.32. The molecule has 2 heterocycles. The largest absolute Gasteiger partial charge is 0.321 e. The molecule has 2 aromatic heterocycles. The topological polar surface area (TPSA) is 63.5 Å².